The first-order chi connectivity index (χ1) is 17.4. The second-order valence-electron chi connectivity index (χ2n) is 7.52. The van der Waals surface area contributed by atoms with Crippen molar-refractivity contribution in [2.75, 3.05) is 23.6 Å². The molecule has 2 rings (SSSR count). The molecule has 8 nitrogen and oxygen atoms in total. The second-order valence-corrected chi connectivity index (χ2v) is 7.52. The van der Waals surface area contributed by atoms with Crippen LogP contribution in [0.3, 0.4) is 0 Å². The van der Waals surface area contributed by atoms with E-state index >= 15 is 0 Å². The number of hydrazine groups is 1. The largest absolute Gasteiger partial charge is 0.466 e. The number of esters is 1. The normalized spacial score (nSPS) is 10.9. The maximum Gasteiger partial charge on any atom is 0.416 e. The van der Waals surface area contributed by atoms with Gasteiger partial charge in [-0.1, -0.05) is 18.7 Å². The van der Waals surface area contributed by atoms with E-state index in [9.17, 15) is 27.6 Å². The minimum absolute atomic E-state index is 0.00977. The minimum Gasteiger partial charge on any atom is -0.466 e. The number of carbonyl (C=O) groups excluding carboxylic acids is 3. The third-order valence-electron chi connectivity index (χ3n) is 4.96. The van der Waals surface area contributed by atoms with Crippen LogP contribution in [-0.4, -0.2) is 36.4 Å². The molecular weight excluding hydrogens is 489 g/mol. The standard InChI is InChI=1S/C26H25F3N4O4/c1-5-14-32(21-12-10-19(17-30)11-13-21)18(3)25(36)31(4)33(23(34)16-24(35)37-6-2)22-9-7-8-20(15-22)26(27,28)29/h5,7-15H,3,6,16H2,1-2,4H3/b14-5-. The van der Waals surface area contributed by atoms with E-state index in [0.29, 0.717) is 22.3 Å². The number of hydrogen-bond acceptors (Lipinski definition) is 6. The number of benzene rings is 2. The van der Waals surface area contributed by atoms with E-state index in [0.717, 1.165) is 17.1 Å². The van der Waals surface area contributed by atoms with E-state index in [1.54, 1.807) is 25.1 Å². The number of amides is 2. The van der Waals surface area contributed by atoms with Gasteiger partial charge in [-0.15, -0.1) is 0 Å². The Kier molecular flexibility index (Phi) is 9.60. The van der Waals surface area contributed by atoms with Crippen LogP contribution in [0.5, 0.6) is 0 Å². The van der Waals surface area contributed by atoms with Gasteiger partial charge >= 0.3 is 12.1 Å². The summed E-state index contributed by atoms with van der Waals surface area (Å²) < 4.78 is 44.9. The summed E-state index contributed by atoms with van der Waals surface area (Å²) in [6.45, 7) is 7.02. The first-order valence-corrected chi connectivity index (χ1v) is 11.0. The topological polar surface area (TPSA) is 93.9 Å². The summed E-state index contributed by atoms with van der Waals surface area (Å²) in [5, 5.41) is 10.5. The Morgan fingerprint density at radius 3 is 2.30 bits per heavy atom. The van der Waals surface area contributed by atoms with Gasteiger partial charge in [0.25, 0.3) is 11.8 Å². The molecule has 0 atom stereocenters. The molecule has 0 fully saturated rings. The minimum atomic E-state index is -4.71. The molecule has 194 valence electrons. The van der Waals surface area contributed by atoms with Crippen molar-refractivity contribution in [2.24, 2.45) is 0 Å². The summed E-state index contributed by atoms with van der Waals surface area (Å²) in [7, 11) is 1.17. The van der Waals surface area contributed by atoms with Crippen molar-refractivity contribution in [1.29, 1.82) is 5.26 Å². The summed E-state index contributed by atoms with van der Waals surface area (Å²) in [4.78, 5) is 39.8. The highest BCUT2D eigenvalue weighted by atomic mass is 19.4. The first-order valence-electron chi connectivity index (χ1n) is 11.0. The van der Waals surface area contributed by atoms with Crippen LogP contribution in [0.2, 0.25) is 0 Å². The number of carbonyl (C=O) groups is 3. The average molecular weight is 515 g/mol. The summed E-state index contributed by atoms with van der Waals surface area (Å²) in [6.07, 6.45) is -2.39. The molecule has 2 aromatic rings. The van der Waals surface area contributed by atoms with Crippen LogP contribution < -0.4 is 9.91 Å². The predicted octanol–water partition coefficient (Wildman–Crippen LogP) is 4.79. The Hall–Kier alpha value is -4.59. The first kappa shape index (κ1) is 28.6. The van der Waals surface area contributed by atoms with E-state index in [2.05, 4.69) is 6.58 Å². The molecule has 0 aromatic heterocycles. The number of nitrogens with zero attached hydrogens (tertiary/aromatic N) is 4. The van der Waals surface area contributed by atoms with Crippen molar-refractivity contribution in [1.82, 2.24) is 5.01 Å². The number of rotatable bonds is 8. The SMILES string of the molecule is C=C(C(=O)N(C)N(C(=O)CC(=O)OCC)c1cccc(C(F)(F)F)c1)N(/C=C\C)c1ccc(C#N)cc1. The number of alkyl halides is 3. The molecule has 0 aliphatic carbocycles. The molecule has 37 heavy (non-hydrogen) atoms. The molecule has 0 aliphatic rings. The Balaban J connectivity index is 2.49. The van der Waals surface area contributed by atoms with Crippen LogP contribution in [0.4, 0.5) is 24.5 Å². The average Bonchev–Trinajstić information content (AvgIpc) is 2.86. The number of hydrogen-bond donors (Lipinski definition) is 0. The lowest BCUT2D eigenvalue weighted by atomic mass is 10.2. The van der Waals surface area contributed by atoms with Crippen molar-refractivity contribution >= 4 is 29.2 Å². The summed E-state index contributed by atoms with van der Waals surface area (Å²) >= 11 is 0. The third kappa shape index (κ3) is 7.20. The van der Waals surface area contributed by atoms with E-state index < -0.39 is 35.9 Å². The molecule has 0 bridgehead atoms. The lowest BCUT2D eigenvalue weighted by Gasteiger charge is -2.34. The Morgan fingerprint density at radius 1 is 1.11 bits per heavy atom. The van der Waals surface area contributed by atoms with Crippen LogP contribution in [0.15, 0.2) is 73.1 Å². The zero-order valence-electron chi connectivity index (χ0n) is 20.5. The number of anilines is 2. The monoisotopic (exact) mass is 514 g/mol. The smallest absolute Gasteiger partial charge is 0.416 e. The highest BCUT2D eigenvalue weighted by Crippen LogP contribution is 2.32. The molecule has 0 unspecified atom stereocenters. The van der Waals surface area contributed by atoms with Crippen LogP contribution in [-0.2, 0) is 25.3 Å². The molecule has 0 saturated carbocycles. The number of halogens is 3. The highest BCUT2D eigenvalue weighted by Gasteiger charge is 2.34. The van der Waals surface area contributed by atoms with Crippen LogP contribution >= 0.6 is 0 Å². The van der Waals surface area contributed by atoms with Crippen molar-refractivity contribution in [3.63, 3.8) is 0 Å². The van der Waals surface area contributed by atoms with Gasteiger partial charge in [0, 0.05) is 18.9 Å². The number of nitriles is 1. The summed E-state index contributed by atoms with van der Waals surface area (Å²) in [5.41, 5.74) is -0.646. The van der Waals surface area contributed by atoms with E-state index in [-0.39, 0.29) is 18.0 Å². The van der Waals surface area contributed by atoms with Gasteiger partial charge in [-0.3, -0.25) is 14.4 Å². The van der Waals surface area contributed by atoms with Gasteiger partial charge in [-0.05, 0) is 56.3 Å². The zero-order valence-corrected chi connectivity index (χ0v) is 20.5. The quantitative estimate of drug-likeness (QED) is 0.218. The van der Waals surface area contributed by atoms with Gasteiger partial charge in [0.05, 0.1) is 29.5 Å². The van der Waals surface area contributed by atoms with Gasteiger partial charge in [0.1, 0.15) is 12.1 Å². The van der Waals surface area contributed by atoms with Gasteiger partial charge < -0.3 is 9.64 Å². The highest BCUT2D eigenvalue weighted by molar-refractivity contribution is 6.07. The van der Waals surface area contributed by atoms with Gasteiger partial charge in [-0.2, -0.15) is 18.4 Å². The van der Waals surface area contributed by atoms with E-state index in [1.807, 2.05) is 6.07 Å². The van der Waals surface area contributed by atoms with Crippen molar-refractivity contribution < 1.29 is 32.3 Å². The van der Waals surface area contributed by atoms with Crippen molar-refractivity contribution in [3.8, 4) is 6.07 Å². The van der Waals surface area contributed by atoms with E-state index in [1.165, 1.54) is 43.3 Å². The molecule has 2 aromatic carbocycles. The number of allylic oxidation sites excluding steroid dienone is 1. The fourth-order valence-corrected chi connectivity index (χ4v) is 3.27. The molecule has 0 aliphatic heterocycles. The molecule has 0 radical (unpaired) electrons. The Morgan fingerprint density at radius 2 is 1.76 bits per heavy atom. The Bertz CT molecular complexity index is 1230. The van der Waals surface area contributed by atoms with Gasteiger partial charge in [0.15, 0.2) is 0 Å². The fraction of sp³-hybridized carbons (Fsp3) is 0.231. The van der Waals surface area contributed by atoms with Crippen molar-refractivity contribution in [2.45, 2.75) is 26.4 Å². The molecule has 0 saturated heterocycles. The van der Waals surface area contributed by atoms with Crippen LogP contribution in [0, 0.1) is 11.3 Å². The predicted molar refractivity (Wildman–Crippen MR) is 131 cm³/mol. The summed E-state index contributed by atoms with van der Waals surface area (Å²) in [6, 6.07) is 12.0. The lowest BCUT2D eigenvalue weighted by molar-refractivity contribution is -0.147. The second kappa shape index (κ2) is 12.4. The van der Waals surface area contributed by atoms with Gasteiger partial charge in [-0.25, -0.2) is 10.0 Å². The molecule has 11 heteroatoms. The molecule has 0 N–H and O–H groups in total. The molecular formula is C26H25F3N4O4. The summed E-state index contributed by atoms with van der Waals surface area (Å²) in [5.74, 6) is -2.74. The van der Waals surface area contributed by atoms with Crippen LogP contribution in [0.25, 0.3) is 0 Å². The maximum absolute atomic E-state index is 13.4. The number of likely N-dealkylation sites (N-methyl/N-ethyl adjacent to an activating group) is 1. The van der Waals surface area contributed by atoms with Crippen molar-refractivity contribution in [3.05, 3.63) is 84.2 Å². The van der Waals surface area contributed by atoms with E-state index in [4.69, 9.17) is 10.00 Å². The van der Waals surface area contributed by atoms with Gasteiger partial charge in [0.2, 0.25) is 0 Å². The third-order valence-corrected chi connectivity index (χ3v) is 4.96. The lowest BCUT2D eigenvalue weighted by Crippen LogP contribution is -2.50. The number of ether oxygens (including phenoxy) is 1. The Labute approximate surface area is 212 Å². The molecule has 2 amide bonds. The molecule has 0 heterocycles. The fourth-order valence-electron chi connectivity index (χ4n) is 3.27. The zero-order chi connectivity index (χ0) is 27.8. The van der Waals surface area contributed by atoms with Crippen LogP contribution in [0.1, 0.15) is 31.4 Å². The maximum atomic E-state index is 13.4. The molecule has 0 spiro atoms.